The van der Waals surface area contributed by atoms with Crippen molar-refractivity contribution in [1.29, 1.82) is 5.26 Å². The molecule has 0 unspecified atom stereocenters. The second kappa shape index (κ2) is 6.11. The highest BCUT2D eigenvalue weighted by atomic mass is 16.2. The predicted octanol–water partition coefficient (Wildman–Crippen LogP) is 3.78. The maximum atomic E-state index is 12.4. The molecule has 0 aromatic heterocycles. The number of rotatable bonds is 2. The maximum Gasteiger partial charge on any atom is 0.251 e. The zero-order valence-electron chi connectivity index (χ0n) is 11.9. The number of fused-ring (bicyclic) bond motifs is 1. The van der Waals surface area contributed by atoms with Gasteiger partial charge in [0.1, 0.15) is 6.04 Å². The summed E-state index contributed by atoms with van der Waals surface area (Å²) in [7, 11) is 0. The molecule has 0 aliphatic carbocycles. The molecule has 0 spiro atoms. The van der Waals surface area contributed by atoms with E-state index in [4.69, 9.17) is 0 Å². The molecule has 1 amide bonds. The zero-order chi connectivity index (χ0) is 15.4. The van der Waals surface area contributed by atoms with Crippen LogP contribution in [0, 0.1) is 11.3 Å². The Morgan fingerprint density at radius 3 is 2.59 bits per heavy atom. The molecule has 3 rings (SSSR count). The van der Waals surface area contributed by atoms with Crippen molar-refractivity contribution in [1.82, 2.24) is 4.90 Å². The first-order valence-electron chi connectivity index (χ1n) is 7.02. The van der Waals surface area contributed by atoms with E-state index in [9.17, 15) is 10.1 Å². The van der Waals surface area contributed by atoms with Gasteiger partial charge in [0.15, 0.2) is 0 Å². The first-order valence-corrected chi connectivity index (χ1v) is 7.02. The second-order valence-corrected chi connectivity index (χ2v) is 4.97. The van der Waals surface area contributed by atoms with E-state index in [1.807, 2.05) is 60.7 Å². The van der Waals surface area contributed by atoms with Gasteiger partial charge in [-0.3, -0.25) is 9.69 Å². The Morgan fingerprint density at radius 2 is 1.82 bits per heavy atom. The molecule has 2 aromatic rings. The standard InChI is InChI=1S/C19H14N2O/c20-14-18-17-9-5-4-8-16(17)12-13-21(18)19(22)11-10-15-6-2-1-3-7-15/h1-13,18H/b11-10-/t18-/m0/s1. The summed E-state index contributed by atoms with van der Waals surface area (Å²) in [5, 5.41) is 9.44. The van der Waals surface area contributed by atoms with Crippen LogP contribution in [0.3, 0.4) is 0 Å². The molecule has 0 fully saturated rings. The van der Waals surface area contributed by atoms with E-state index in [1.165, 1.54) is 11.0 Å². The highest BCUT2D eigenvalue weighted by Gasteiger charge is 2.26. The van der Waals surface area contributed by atoms with E-state index in [1.54, 1.807) is 12.3 Å². The van der Waals surface area contributed by atoms with Crippen LogP contribution in [-0.2, 0) is 4.79 Å². The van der Waals surface area contributed by atoms with Crippen LogP contribution in [0.25, 0.3) is 12.2 Å². The van der Waals surface area contributed by atoms with Crippen molar-refractivity contribution in [2.24, 2.45) is 0 Å². The maximum absolute atomic E-state index is 12.4. The molecular weight excluding hydrogens is 272 g/mol. The number of nitrogens with zero attached hydrogens (tertiary/aromatic N) is 2. The Labute approximate surface area is 129 Å². The van der Waals surface area contributed by atoms with Crippen LogP contribution in [-0.4, -0.2) is 10.8 Å². The molecular formula is C19H14N2O. The predicted molar refractivity (Wildman–Crippen MR) is 86.2 cm³/mol. The average Bonchev–Trinajstić information content (AvgIpc) is 2.59. The van der Waals surface area contributed by atoms with Crippen LogP contribution >= 0.6 is 0 Å². The molecule has 0 N–H and O–H groups in total. The number of nitriles is 1. The normalized spacial score (nSPS) is 16.3. The zero-order valence-corrected chi connectivity index (χ0v) is 11.9. The van der Waals surface area contributed by atoms with E-state index >= 15 is 0 Å². The quantitative estimate of drug-likeness (QED) is 0.789. The fourth-order valence-electron chi connectivity index (χ4n) is 2.46. The third-order valence-corrected chi connectivity index (χ3v) is 3.58. The Kier molecular flexibility index (Phi) is 3.84. The number of amides is 1. The Morgan fingerprint density at radius 1 is 1.09 bits per heavy atom. The first-order chi connectivity index (χ1) is 10.8. The Balaban J connectivity index is 1.85. The average molecular weight is 286 g/mol. The Hall–Kier alpha value is -3.12. The van der Waals surface area contributed by atoms with E-state index in [-0.39, 0.29) is 5.91 Å². The van der Waals surface area contributed by atoms with Gasteiger partial charge in [0.25, 0.3) is 5.91 Å². The van der Waals surface area contributed by atoms with Gasteiger partial charge in [-0.15, -0.1) is 0 Å². The van der Waals surface area contributed by atoms with Crippen molar-refractivity contribution >= 4 is 18.1 Å². The monoisotopic (exact) mass is 286 g/mol. The van der Waals surface area contributed by atoms with E-state index in [0.29, 0.717) is 0 Å². The number of benzene rings is 2. The number of carbonyl (C=O) groups excluding carboxylic acids is 1. The SMILES string of the molecule is N#C[C@H]1c2ccccc2C=CN1C(=O)/C=C\c1ccccc1. The van der Waals surface area contributed by atoms with Gasteiger partial charge in [-0.25, -0.2) is 0 Å². The molecule has 22 heavy (non-hydrogen) atoms. The molecule has 106 valence electrons. The summed E-state index contributed by atoms with van der Waals surface area (Å²) in [5.41, 5.74) is 2.78. The molecule has 3 heteroatoms. The molecule has 1 atom stereocenters. The number of carbonyl (C=O) groups is 1. The number of hydrogen-bond acceptors (Lipinski definition) is 2. The van der Waals surface area contributed by atoms with E-state index in [0.717, 1.165) is 16.7 Å². The van der Waals surface area contributed by atoms with Crippen LogP contribution in [0.15, 0.2) is 66.9 Å². The minimum Gasteiger partial charge on any atom is -0.295 e. The van der Waals surface area contributed by atoms with Crippen molar-refractivity contribution in [3.63, 3.8) is 0 Å². The van der Waals surface area contributed by atoms with Crippen LogP contribution in [0.1, 0.15) is 22.7 Å². The third kappa shape index (κ3) is 2.68. The van der Waals surface area contributed by atoms with Crippen LogP contribution in [0.4, 0.5) is 0 Å². The molecule has 0 saturated carbocycles. The molecule has 1 aliphatic heterocycles. The van der Waals surface area contributed by atoms with Crippen LogP contribution < -0.4 is 0 Å². The molecule has 2 aromatic carbocycles. The minimum atomic E-state index is -0.589. The molecule has 3 nitrogen and oxygen atoms in total. The van der Waals surface area contributed by atoms with Crippen molar-refractivity contribution < 1.29 is 4.79 Å². The first kappa shape index (κ1) is 13.8. The lowest BCUT2D eigenvalue weighted by Crippen LogP contribution is -2.30. The summed E-state index contributed by atoms with van der Waals surface area (Å²) in [5.74, 6) is -0.207. The van der Waals surface area contributed by atoms with Gasteiger partial charge < -0.3 is 0 Å². The summed E-state index contributed by atoms with van der Waals surface area (Å²) in [6.45, 7) is 0. The van der Waals surface area contributed by atoms with Gasteiger partial charge in [0.2, 0.25) is 0 Å². The van der Waals surface area contributed by atoms with Crippen LogP contribution in [0.5, 0.6) is 0 Å². The second-order valence-electron chi connectivity index (χ2n) is 4.97. The van der Waals surface area contributed by atoms with Crippen molar-refractivity contribution in [2.75, 3.05) is 0 Å². The summed E-state index contributed by atoms with van der Waals surface area (Å²) >= 11 is 0. The van der Waals surface area contributed by atoms with Gasteiger partial charge in [-0.1, -0.05) is 54.6 Å². The molecule has 0 bridgehead atoms. The van der Waals surface area contributed by atoms with Gasteiger partial charge in [-0.05, 0) is 28.8 Å². The van der Waals surface area contributed by atoms with E-state index in [2.05, 4.69) is 6.07 Å². The molecule has 1 heterocycles. The van der Waals surface area contributed by atoms with Crippen LogP contribution in [0.2, 0.25) is 0 Å². The van der Waals surface area contributed by atoms with E-state index < -0.39 is 6.04 Å². The lowest BCUT2D eigenvalue weighted by molar-refractivity contribution is -0.124. The highest BCUT2D eigenvalue weighted by Crippen LogP contribution is 2.29. The molecule has 0 saturated heterocycles. The summed E-state index contributed by atoms with van der Waals surface area (Å²) in [4.78, 5) is 13.8. The third-order valence-electron chi connectivity index (χ3n) is 3.58. The summed E-state index contributed by atoms with van der Waals surface area (Å²) in [6.07, 6.45) is 6.79. The topological polar surface area (TPSA) is 44.1 Å². The number of hydrogen-bond donors (Lipinski definition) is 0. The lowest BCUT2D eigenvalue weighted by Gasteiger charge is -2.27. The van der Waals surface area contributed by atoms with Gasteiger partial charge >= 0.3 is 0 Å². The lowest BCUT2D eigenvalue weighted by atomic mass is 9.97. The smallest absolute Gasteiger partial charge is 0.251 e. The summed E-state index contributed by atoms with van der Waals surface area (Å²) in [6, 6.07) is 18.9. The minimum absolute atomic E-state index is 0.207. The fraction of sp³-hybridized carbons (Fsp3) is 0.0526. The van der Waals surface area contributed by atoms with Crippen molar-refractivity contribution in [3.05, 3.63) is 83.6 Å². The highest BCUT2D eigenvalue weighted by molar-refractivity contribution is 5.94. The van der Waals surface area contributed by atoms with Gasteiger partial charge in [-0.2, -0.15) is 5.26 Å². The fourth-order valence-corrected chi connectivity index (χ4v) is 2.46. The largest absolute Gasteiger partial charge is 0.295 e. The summed E-state index contributed by atoms with van der Waals surface area (Å²) < 4.78 is 0. The Bertz CT molecular complexity index is 785. The molecule has 0 radical (unpaired) electrons. The van der Waals surface area contributed by atoms with Gasteiger partial charge in [0.05, 0.1) is 6.07 Å². The van der Waals surface area contributed by atoms with Crippen molar-refractivity contribution in [2.45, 2.75) is 6.04 Å². The van der Waals surface area contributed by atoms with Gasteiger partial charge in [0, 0.05) is 12.3 Å². The van der Waals surface area contributed by atoms with Crippen molar-refractivity contribution in [3.8, 4) is 6.07 Å². The molecule has 1 aliphatic rings.